The van der Waals surface area contributed by atoms with Gasteiger partial charge in [-0.05, 0) is 24.3 Å². The number of morpholine rings is 1. The van der Waals surface area contributed by atoms with Crippen molar-refractivity contribution in [2.45, 2.75) is 0 Å². The second-order valence-corrected chi connectivity index (χ2v) is 8.03. The van der Waals surface area contributed by atoms with E-state index in [2.05, 4.69) is 9.88 Å². The number of benzene rings is 2. The van der Waals surface area contributed by atoms with Crippen LogP contribution in [0.5, 0.6) is 11.5 Å². The number of carbonyl (C=O) groups is 1. The summed E-state index contributed by atoms with van der Waals surface area (Å²) in [6, 6.07) is 12.0. The van der Waals surface area contributed by atoms with Gasteiger partial charge in [0.25, 0.3) is 5.91 Å². The molecule has 0 saturated carbocycles. The summed E-state index contributed by atoms with van der Waals surface area (Å²) in [4.78, 5) is 21.4. The number of fused-ring (bicyclic) bond motifs is 1. The average molecular weight is 446 g/mol. The number of hydrogen-bond donors (Lipinski definition) is 0. The van der Waals surface area contributed by atoms with Crippen molar-refractivity contribution in [2.24, 2.45) is 0 Å². The number of hydrogen-bond acceptors (Lipinski definition) is 7. The van der Waals surface area contributed by atoms with E-state index in [0.717, 1.165) is 13.1 Å². The van der Waals surface area contributed by atoms with Crippen LogP contribution in [0.1, 0.15) is 0 Å². The second-order valence-electron chi connectivity index (χ2n) is 7.02. The number of aromatic nitrogens is 1. The molecule has 7 nitrogen and oxygen atoms in total. The SMILES string of the molecule is COc1ccccc1OCC(=O)N(CCN1CCOCC1)c1nc2c(F)cccc2s1. The maximum absolute atomic E-state index is 14.2. The van der Waals surface area contributed by atoms with Crippen LogP contribution in [-0.2, 0) is 9.53 Å². The Hall–Kier alpha value is -2.75. The summed E-state index contributed by atoms with van der Waals surface area (Å²) in [5.74, 6) is 0.392. The van der Waals surface area contributed by atoms with Crippen LogP contribution in [0.4, 0.5) is 9.52 Å². The van der Waals surface area contributed by atoms with Gasteiger partial charge < -0.3 is 14.2 Å². The second kappa shape index (κ2) is 10.0. The summed E-state index contributed by atoms with van der Waals surface area (Å²) in [7, 11) is 1.55. The van der Waals surface area contributed by atoms with Crippen LogP contribution in [0.3, 0.4) is 0 Å². The van der Waals surface area contributed by atoms with Gasteiger partial charge in [-0.3, -0.25) is 14.6 Å². The first-order valence-electron chi connectivity index (χ1n) is 10.1. The molecular weight excluding hydrogens is 421 g/mol. The van der Waals surface area contributed by atoms with E-state index < -0.39 is 5.82 Å². The van der Waals surface area contributed by atoms with Crippen LogP contribution in [0.15, 0.2) is 42.5 Å². The van der Waals surface area contributed by atoms with E-state index >= 15 is 0 Å². The predicted octanol–water partition coefficient (Wildman–Crippen LogP) is 3.19. The van der Waals surface area contributed by atoms with Crippen LogP contribution in [0, 0.1) is 5.82 Å². The number of para-hydroxylation sites is 3. The number of methoxy groups -OCH3 is 1. The first kappa shape index (κ1) is 21.5. The van der Waals surface area contributed by atoms with E-state index in [1.807, 2.05) is 12.1 Å². The Bertz CT molecular complexity index is 1040. The lowest BCUT2D eigenvalue weighted by atomic mass is 10.3. The molecule has 0 aliphatic carbocycles. The quantitative estimate of drug-likeness (QED) is 0.531. The fourth-order valence-corrected chi connectivity index (χ4v) is 4.39. The van der Waals surface area contributed by atoms with Gasteiger partial charge in [0.2, 0.25) is 0 Å². The van der Waals surface area contributed by atoms with E-state index in [1.54, 1.807) is 36.3 Å². The molecule has 1 aliphatic rings. The Morgan fingerprint density at radius 3 is 2.71 bits per heavy atom. The number of ether oxygens (including phenoxy) is 3. The predicted molar refractivity (Wildman–Crippen MR) is 118 cm³/mol. The molecule has 3 aromatic rings. The number of amides is 1. The van der Waals surface area contributed by atoms with Crippen LogP contribution in [0.25, 0.3) is 10.2 Å². The number of anilines is 1. The summed E-state index contributed by atoms with van der Waals surface area (Å²) in [6.07, 6.45) is 0. The highest BCUT2D eigenvalue weighted by atomic mass is 32.1. The first-order chi connectivity index (χ1) is 15.2. The molecule has 0 unspecified atom stereocenters. The van der Waals surface area contributed by atoms with Gasteiger partial charge in [0.15, 0.2) is 23.2 Å². The Labute approximate surface area is 183 Å². The fraction of sp³-hybridized carbons (Fsp3) is 0.364. The van der Waals surface area contributed by atoms with E-state index in [0.29, 0.717) is 47.6 Å². The molecular formula is C22H24FN3O4S. The summed E-state index contributed by atoms with van der Waals surface area (Å²) in [5, 5.41) is 0.460. The fourth-order valence-electron chi connectivity index (χ4n) is 3.37. The molecule has 1 amide bonds. The van der Waals surface area contributed by atoms with Gasteiger partial charge in [0.05, 0.1) is 25.0 Å². The van der Waals surface area contributed by atoms with Crippen molar-refractivity contribution in [1.29, 1.82) is 0 Å². The monoisotopic (exact) mass is 445 g/mol. The third kappa shape index (κ3) is 5.12. The van der Waals surface area contributed by atoms with E-state index in [1.165, 1.54) is 17.4 Å². The van der Waals surface area contributed by atoms with Crippen molar-refractivity contribution in [2.75, 3.05) is 58.0 Å². The van der Waals surface area contributed by atoms with Gasteiger partial charge in [-0.25, -0.2) is 9.37 Å². The molecule has 0 spiro atoms. The summed E-state index contributed by atoms with van der Waals surface area (Å²) in [5.41, 5.74) is 0.275. The Balaban J connectivity index is 1.53. The normalized spacial score (nSPS) is 14.5. The minimum Gasteiger partial charge on any atom is -0.493 e. The summed E-state index contributed by atoms with van der Waals surface area (Å²) >= 11 is 1.29. The molecule has 0 bridgehead atoms. The van der Waals surface area contributed by atoms with E-state index in [9.17, 15) is 9.18 Å². The van der Waals surface area contributed by atoms with Gasteiger partial charge in [-0.15, -0.1) is 0 Å². The van der Waals surface area contributed by atoms with Crippen molar-refractivity contribution < 1.29 is 23.4 Å². The zero-order chi connectivity index (χ0) is 21.6. The molecule has 2 aromatic carbocycles. The Kier molecular flexibility index (Phi) is 6.96. The maximum atomic E-state index is 14.2. The number of carbonyl (C=O) groups excluding carboxylic acids is 1. The number of rotatable bonds is 8. The minimum atomic E-state index is -0.397. The molecule has 2 heterocycles. The third-order valence-corrected chi connectivity index (χ3v) is 6.10. The summed E-state index contributed by atoms with van der Waals surface area (Å²) in [6.45, 7) is 3.90. The smallest absolute Gasteiger partial charge is 0.266 e. The minimum absolute atomic E-state index is 0.179. The molecule has 1 saturated heterocycles. The van der Waals surface area contributed by atoms with Crippen molar-refractivity contribution >= 4 is 32.6 Å². The molecule has 0 radical (unpaired) electrons. The molecule has 1 aliphatic heterocycles. The lowest BCUT2D eigenvalue weighted by Crippen LogP contribution is -2.44. The van der Waals surface area contributed by atoms with Crippen molar-refractivity contribution in [3.8, 4) is 11.5 Å². The maximum Gasteiger partial charge on any atom is 0.266 e. The van der Waals surface area contributed by atoms with Crippen molar-refractivity contribution in [1.82, 2.24) is 9.88 Å². The first-order valence-corrected chi connectivity index (χ1v) is 10.9. The Morgan fingerprint density at radius 1 is 1.19 bits per heavy atom. The van der Waals surface area contributed by atoms with Gasteiger partial charge in [-0.1, -0.05) is 29.5 Å². The van der Waals surface area contributed by atoms with Gasteiger partial charge in [0.1, 0.15) is 11.3 Å². The molecule has 1 aromatic heterocycles. The van der Waals surface area contributed by atoms with Crippen molar-refractivity contribution in [3.05, 3.63) is 48.3 Å². The number of thiazole rings is 1. The molecule has 164 valence electrons. The molecule has 4 rings (SSSR count). The molecule has 0 N–H and O–H groups in total. The lowest BCUT2D eigenvalue weighted by Gasteiger charge is -2.29. The summed E-state index contributed by atoms with van der Waals surface area (Å²) < 4.78 is 31.3. The number of nitrogens with zero attached hydrogens (tertiary/aromatic N) is 3. The van der Waals surface area contributed by atoms with E-state index in [-0.39, 0.29) is 18.0 Å². The van der Waals surface area contributed by atoms with Crippen LogP contribution >= 0.6 is 11.3 Å². The highest BCUT2D eigenvalue weighted by Crippen LogP contribution is 2.31. The van der Waals surface area contributed by atoms with Crippen LogP contribution in [0.2, 0.25) is 0 Å². The highest BCUT2D eigenvalue weighted by Gasteiger charge is 2.23. The average Bonchev–Trinajstić information content (AvgIpc) is 3.24. The van der Waals surface area contributed by atoms with Gasteiger partial charge in [0, 0.05) is 26.2 Å². The van der Waals surface area contributed by atoms with Gasteiger partial charge in [-0.2, -0.15) is 0 Å². The molecule has 9 heteroatoms. The third-order valence-electron chi connectivity index (χ3n) is 5.05. The van der Waals surface area contributed by atoms with Crippen LogP contribution in [-0.4, -0.2) is 68.9 Å². The van der Waals surface area contributed by atoms with E-state index in [4.69, 9.17) is 14.2 Å². The van der Waals surface area contributed by atoms with Crippen LogP contribution < -0.4 is 14.4 Å². The zero-order valence-electron chi connectivity index (χ0n) is 17.3. The highest BCUT2D eigenvalue weighted by molar-refractivity contribution is 7.22. The zero-order valence-corrected chi connectivity index (χ0v) is 18.1. The number of halogens is 1. The standard InChI is InChI=1S/C22H24FN3O4S/c1-28-17-6-2-3-7-18(17)30-15-20(27)26(10-9-25-11-13-29-14-12-25)22-24-21-16(23)5-4-8-19(21)31-22/h2-8H,9-15H2,1H3. The Morgan fingerprint density at radius 2 is 1.97 bits per heavy atom. The lowest BCUT2D eigenvalue weighted by molar-refractivity contribution is -0.120. The molecule has 1 fully saturated rings. The molecule has 0 atom stereocenters. The largest absolute Gasteiger partial charge is 0.493 e. The topological polar surface area (TPSA) is 64.1 Å². The van der Waals surface area contributed by atoms with Crippen molar-refractivity contribution in [3.63, 3.8) is 0 Å². The molecule has 31 heavy (non-hydrogen) atoms. The van der Waals surface area contributed by atoms with Gasteiger partial charge >= 0.3 is 0 Å².